The van der Waals surface area contributed by atoms with Gasteiger partial charge in [0.2, 0.25) is 5.91 Å². The van der Waals surface area contributed by atoms with Gasteiger partial charge in [-0.05, 0) is 51.6 Å². The Labute approximate surface area is 148 Å². The Morgan fingerprint density at radius 2 is 2.04 bits per heavy atom. The highest BCUT2D eigenvalue weighted by atomic mass is 16.4. The van der Waals surface area contributed by atoms with Gasteiger partial charge >= 0.3 is 5.97 Å². The standard InChI is InChI=1S/C18H28N4O3/c1-13(2)21-9-6-19-16(21)11-20-7-4-18(5-8-20)10-15(17(24)25)22(12-18)14(3)23/h6,9,13,15H,4-5,7-8,10-12H2,1-3H3,(H,24,25)/t15-/m1/s1. The van der Waals surface area contributed by atoms with Gasteiger partial charge in [0, 0.05) is 31.9 Å². The van der Waals surface area contributed by atoms with Crippen LogP contribution in [0.3, 0.4) is 0 Å². The summed E-state index contributed by atoms with van der Waals surface area (Å²) in [6.07, 6.45) is 6.31. The number of aliphatic carboxylic acids is 1. The van der Waals surface area contributed by atoms with Crippen LogP contribution in [0.5, 0.6) is 0 Å². The van der Waals surface area contributed by atoms with Crippen molar-refractivity contribution in [3.05, 3.63) is 18.2 Å². The fourth-order valence-electron chi connectivity index (χ4n) is 4.29. The fourth-order valence-corrected chi connectivity index (χ4v) is 4.29. The van der Waals surface area contributed by atoms with Gasteiger partial charge in [0.15, 0.2) is 0 Å². The van der Waals surface area contributed by atoms with Crippen molar-refractivity contribution in [2.24, 2.45) is 5.41 Å². The Morgan fingerprint density at radius 1 is 1.36 bits per heavy atom. The van der Waals surface area contributed by atoms with Crippen molar-refractivity contribution in [2.45, 2.75) is 58.7 Å². The lowest BCUT2D eigenvalue weighted by Gasteiger charge is -2.39. The molecular weight excluding hydrogens is 320 g/mol. The maximum Gasteiger partial charge on any atom is 0.326 e. The molecule has 0 saturated carbocycles. The Morgan fingerprint density at radius 3 is 2.56 bits per heavy atom. The fraction of sp³-hybridized carbons (Fsp3) is 0.722. The van der Waals surface area contributed by atoms with Crippen LogP contribution in [-0.2, 0) is 16.1 Å². The van der Waals surface area contributed by atoms with E-state index in [1.807, 2.05) is 12.4 Å². The zero-order valence-electron chi connectivity index (χ0n) is 15.3. The molecule has 7 nitrogen and oxygen atoms in total. The maximum absolute atomic E-state index is 11.8. The van der Waals surface area contributed by atoms with Crippen LogP contribution in [0.1, 0.15) is 51.9 Å². The number of amides is 1. The number of hydrogen-bond acceptors (Lipinski definition) is 4. The Hall–Kier alpha value is -1.89. The van der Waals surface area contributed by atoms with Crippen LogP contribution in [0.4, 0.5) is 0 Å². The predicted octanol–water partition coefficient (Wildman–Crippen LogP) is 1.75. The zero-order chi connectivity index (χ0) is 18.2. The van der Waals surface area contributed by atoms with Gasteiger partial charge in [-0.1, -0.05) is 0 Å². The molecule has 1 amide bonds. The summed E-state index contributed by atoms with van der Waals surface area (Å²) in [6, 6.07) is -0.271. The minimum atomic E-state index is -0.881. The molecule has 1 N–H and O–H groups in total. The highest BCUT2D eigenvalue weighted by molar-refractivity contribution is 5.83. The van der Waals surface area contributed by atoms with Crippen molar-refractivity contribution >= 4 is 11.9 Å². The average molecular weight is 348 g/mol. The summed E-state index contributed by atoms with van der Waals surface area (Å²) >= 11 is 0. The van der Waals surface area contributed by atoms with E-state index < -0.39 is 12.0 Å². The van der Waals surface area contributed by atoms with Gasteiger partial charge < -0.3 is 14.6 Å². The Kier molecular flexibility index (Phi) is 4.86. The second kappa shape index (κ2) is 6.78. The van der Waals surface area contributed by atoms with Gasteiger partial charge in [-0.25, -0.2) is 9.78 Å². The first-order chi connectivity index (χ1) is 11.8. The molecule has 25 heavy (non-hydrogen) atoms. The molecular formula is C18H28N4O3. The summed E-state index contributed by atoms with van der Waals surface area (Å²) in [5, 5.41) is 9.44. The minimum Gasteiger partial charge on any atom is -0.480 e. The Balaban J connectivity index is 1.63. The van der Waals surface area contributed by atoms with Crippen LogP contribution < -0.4 is 0 Å². The first kappa shape index (κ1) is 17.9. The molecule has 0 radical (unpaired) electrons. The third-order valence-corrected chi connectivity index (χ3v) is 5.78. The summed E-state index contributed by atoms with van der Waals surface area (Å²) in [6.45, 7) is 9.00. The second-order valence-electron chi connectivity index (χ2n) is 7.83. The van der Waals surface area contributed by atoms with Crippen LogP contribution in [0.15, 0.2) is 12.4 Å². The smallest absolute Gasteiger partial charge is 0.326 e. The van der Waals surface area contributed by atoms with Crippen LogP contribution >= 0.6 is 0 Å². The van der Waals surface area contributed by atoms with Gasteiger partial charge in [0.05, 0.1) is 6.54 Å². The molecule has 1 atom stereocenters. The maximum atomic E-state index is 11.8. The highest BCUT2D eigenvalue weighted by Crippen LogP contribution is 2.43. The number of aromatic nitrogens is 2. The second-order valence-corrected chi connectivity index (χ2v) is 7.83. The third kappa shape index (κ3) is 3.56. The van der Waals surface area contributed by atoms with Crippen LogP contribution in [0.2, 0.25) is 0 Å². The normalized spacial score (nSPS) is 23.5. The number of likely N-dealkylation sites (tertiary alicyclic amines) is 2. The van der Waals surface area contributed by atoms with Crippen molar-refractivity contribution < 1.29 is 14.7 Å². The van der Waals surface area contributed by atoms with E-state index in [2.05, 4.69) is 28.3 Å². The third-order valence-electron chi connectivity index (χ3n) is 5.78. The van der Waals surface area contributed by atoms with Gasteiger partial charge in [-0.2, -0.15) is 0 Å². The number of hydrogen-bond donors (Lipinski definition) is 1. The van der Waals surface area contributed by atoms with Crippen molar-refractivity contribution in [3.8, 4) is 0 Å². The number of rotatable bonds is 4. The van der Waals surface area contributed by atoms with Crippen molar-refractivity contribution in [1.29, 1.82) is 0 Å². The molecule has 2 aliphatic heterocycles. The van der Waals surface area contributed by atoms with Crippen LogP contribution in [0.25, 0.3) is 0 Å². The van der Waals surface area contributed by atoms with Gasteiger partial charge in [0.25, 0.3) is 0 Å². The van der Waals surface area contributed by atoms with Crippen molar-refractivity contribution in [1.82, 2.24) is 19.4 Å². The molecule has 0 bridgehead atoms. The summed E-state index contributed by atoms with van der Waals surface area (Å²) in [4.78, 5) is 31.7. The average Bonchev–Trinajstić information content (AvgIpc) is 3.15. The van der Waals surface area contributed by atoms with E-state index in [1.165, 1.54) is 6.92 Å². The number of carbonyl (C=O) groups is 2. The number of carboxylic acid groups (broad SMARTS) is 1. The molecule has 7 heteroatoms. The SMILES string of the molecule is CC(=O)N1CC2(CCN(Cc3nccn3C(C)C)CC2)C[C@@H]1C(=O)O. The van der Waals surface area contributed by atoms with Crippen molar-refractivity contribution in [2.75, 3.05) is 19.6 Å². The number of carbonyl (C=O) groups excluding carboxylic acids is 1. The van der Waals surface area contributed by atoms with E-state index in [0.29, 0.717) is 19.0 Å². The lowest BCUT2D eigenvalue weighted by molar-refractivity contribution is -0.147. The molecule has 1 aromatic rings. The first-order valence-corrected chi connectivity index (χ1v) is 9.05. The lowest BCUT2D eigenvalue weighted by atomic mass is 9.76. The van der Waals surface area contributed by atoms with Gasteiger partial charge in [-0.3, -0.25) is 9.69 Å². The predicted molar refractivity (Wildman–Crippen MR) is 93.0 cm³/mol. The Bertz CT molecular complexity index is 623. The molecule has 2 fully saturated rings. The number of imidazole rings is 1. The largest absolute Gasteiger partial charge is 0.480 e. The van der Waals surface area contributed by atoms with Crippen LogP contribution in [0, 0.1) is 5.41 Å². The van der Waals surface area contributed by atoms with Crippen molar-refractivity contribution in [3.63, 3.8) is 0 Å². The number of carboxylic acids is 1. The van der Waals surface area contributed by atoms with E-state index in [9.17, 15) is 14.7 Å². The van der Waals surface area contributed by atoms with E-state index in [1.54, 1.807) is 4.90 Å². The van der Waals surface area contributed by atoms with E-state index in [-0.39, 0.29) is 11.3 Å². The highest BCUT2D eigenvalue weighted by Gasteiger charge is 2.49. The number of nitrogens with zero attached hydrogens (tertiary/aromatic N) is 4. The molecule has 3 heterocycles. The summed E-state index contributed by atoms with van der Waals surface area (Å²) in [5.41, 5.74) is -0.0430. The molecule has 2 aliphatic rings. The molecule has 0 unspecified atom stereocenters. The molecule has 1 aromatic heterocycles. The minimum absolute atomic E-state index is 0.0430. The molecule has 1 spiro atoms. The molecule has 3 rings (SSSR count). The lowest BCUT2D eigenvalue weighted by Crippen LogP contribution is -2.42. The topological polar surface area (TPSA) is 78.7 Å². The van der Waals surface area contributed by atoms with E-state index >= 15 is 0 Å². The monoisotopic (exact) mass is 348 g/mol. The quantitative estimate of drug-likeness (QED) is 0.897. The molecule has 0 aliphatic carbocycles. The van der Waals surface area contributed by atoms with Gasteiger partial charge in [-0.15, -0.1) is 0 Å². The first-order valence-electron chi connectivity index (χ1n) is 9.05. The molecule has 0 aromatic carbocycles. The summed E-state index contributed by atoms with van der Waals surface area (Å²) in [7, 11) is 0. The van der Waals surface area contributed by atoms with Gasteiger partial charge in [0.1, 0.15) is 11.9 Å². The van der Waals surface area contributed by atoms with E-state index in [0.717, 1.165) is 38.3 Å². The zero-order valence-corrected chi connectivity index (χ0v) is 15.3. The summed E-state index contributed by atoms with van der Waals surface area (Å²) in [5.74, 6) is 0.0604. The van der Waals surface area contributed by atoms with Crippen LogP contribution in [-0.4, -0.2) is 62.0 Å². The molecule has 2 saturated heterocycles. The summed E-state index contributed by atoms with van der Waals surface area (Å²) < 4.78 is 2.19. The molecule has 138 valence electrons. The number of piperidine rings is 1. The van der Waals surface area contributed by atoms with E-state index in [4.69, 9.17) is 0 Å².